The van der Waals surface area contributed by atoms with Crippen LogP contribution in [0.3, 0.4) is 0 Å². The van der Waals surface area contributed by atoms with Gasteiger partial charge < -0.3 is 9.14 Å². The van der Waals surface area contributed by atoms with E-state index in [2.05, 4.69) is 26.0 Å². The van der Waals surface area contributed by atoms with Gasteiger partial charge >= 0.3 is 5.97 Å². The third-order valence-electron chi connectivity index (χ3n) is 4.83. The Hall–Kier alpha value is -1.77. The number of ether oxygens (including phenoxy) is 1. The van der Waals surface area contributed by atoms with Crippen LogP contribution in [0.25, 0.3) is 5.52 Å². The highest BCUT2D eigenvalue weighted by Gasteiger charge is 2.24. The summed E-state index contributed by atoms with van der Waals surface area (Å²) < 4.78 is 7.11. The normalized spacial score (nSPS) is 15.5. The zero-order chi connectivity index (χ0) is 15.7. The van der Waals surface area contributed by atoms with E-state index in [4.69, 9.17) is 4.74 Å². The minimum atomic E-state index is -0.214. The molecular formula is C19H25NO2. The maximum absolute atomic E-state index is 12.3. The maximum Gasteiger partial charge on any atom is 0.355 e. The highest BCUT2D eigenvalue weighted by molar-refractivity contribution is 5.92. The molecule has 3 rings (SSSR count). The Morgan fingerprint density at radius 3 is 2.45 bits per heavy atom. The van der Waals surface area contributed by atoms with Crippen molar-refractivity contribution < 1.29 is 9.53 Å². The monoisotopic (exact) mass is 299 g/mol. The lowest BCUT2D eigenvalue weighted by Crippen LogP contribution is -2.09. The molecule has 2 heterocycles. The SMILES string of the molecule is COC(=O)c1c2c(c3cc(C(C)C)ccn13)CCCCCC2. The molecule has 0 unspecified atom stereocenters. The summed E-state index contributed by atoms with van der Waals surface area (Å²) in [6.07, 6.45) is 9.00. The fourth-order valence-electron chi connectivity index (χ4n) is 3.57. The van der Waals surface area contributed by atoms with Crippen LogP contribution in [0.1, 0.15) is 72.6 Å². The Morgan fingerprint density at radius 1 is 1.14 bits per heavy atom. The molecule has 3 nitrogen and oxygen atoms in total. The molecule has 22 heavy (non-hydrogen) atoms. The molecule has 0 amide bonds. The van der Waals surface area contributed by atoms with Gasteiger partial charge in [0, 0.05) is 11.7 Å². The lowest BCUT2D eigenvalue weighted by atomic mass is 9.93. The van der Waals surface area contributed by atoms with Crippen LogP contribution in [0, 0.1) is 0 Å². The van der Waals surface area contributed by atoms with E-state index in [9.17, 15) is 4.79 Å². The quantitative estimate of drug-likeness (QED) is 0.764. The molecule has 0 saturated carbocycles. The van der Waals surface area contributed by atoms with Gasteiger partial charge in [-0.3, -0.25) is 0 Å². The fourth-order valence-corrected chi connectivity index (χ4v) is 3.57. The van der Waals surface area contributed by atoms with Gasteiger partial charge in [-0.2, -0.15) is 0 Å². The van der Waals surface area contributed by atoms with Crippen LogP contribution >= 0.6 is 0 Å². The average molecular weight is 299 g/mol. The number of aryl methyl sites for hydroxylation is 1. The molecule has 0 fully saturated rings. The van der Waals surface area contributed by atoms with Crippen LogP contribution in [0.2, 0.25) is 0 Å². The summed E-state index contributed by atoms with van der Waals surface area (Å²) in [6, 6.07) is 4.38. The number of fused-ring (bicyclic) bond motifs is 3. The van der Waals surface area contributed by atoms with Crippen LogP contribution in [-0.4, -0.2) is 17.5 Å². The van der Waals surface area contributed by atoms with Crippen molar-refractivity contribution >= 4 is 11.5 Å². The van der Waals surface area contributed by atoms with E-state index in [1.54, 1.807) is 0 Å². The summed E-state index contributed by atoms with van der Waals surface area (Å²) in [4.78, 5) is 12.3. The first kappa shape index (κ1) is 15.1. The van der Waals surface area contributed by atoms with Crippen molar-refractivity contribution in [3.63, 3.8) is 0 Å². The molecule has 2 aromatic rings. The van der Waals surface area contributed by atoms with E-state index >= 15 is 0 Å². The number of aromatic nitrogens is 1. The fraction of sp³-hybridized carbons (Fsp3) is 0.526. The van der Waals surface area contributed by atoms with Crippen molar-refractivity contribution in [3.8, 4) is 0 Å². The average Bonchev–Trinajstić information content (AvgIpc) is 2.78. The molecule has 0 radical (unpaired) electrons. The second kappa shape index (κ2) is 6.15. The molecule has 0 aliphatic heterocycles. The zero-order valence-electron chi connectivity index (χ0n) is 13.8. The number of esters is 1. The Kier molecular flexibility index (Phi) is 4.23. The first-order chi connectivity index (χ1) is 10.6. The molecule has 1 aliphatic carbocycles. The van der Waals surface area contributed by atoms with Gasteiger partial charge in [0.2, 0.25) is 0 Å². The number of carbonyl (C=O) groups excluding carboxylic acids is 1. The number of methoxy groups -OCH3 is 1. The van der Waals surface area contributed by atoms with Gasteiger partial charge in [-0.1, -0.05) is 26.7 Å². The second-order valence-electron chi connectivity index (χ2n) is 6.58. The van der Waals surface area contributed by atoms with Crippen LogP contribution in [0.5, 0.6) is 0 Å². The maximum atomic E-state index is 12.3. The van der Waals surface area contributed by atoms with Crippen LogP contribution in [-0.2, 0) is 17.6 Å². The van der Waals surface area contributed by atoms with E-state index in [0.717, 1.165) is 25.0 Å². The molecule has 118 valence electrons. The summed E-state index contributed by atoms with van der Waals surface area (Å²) in [5.41, 5.74) is 5.84. The van der Waals surface area contributed by atoms with Gasteiger partial charge in [-0.25, -0.2) is 4.79 Å². The summed E-state index contributed by atoms with van der Waals surface area (Å²) in [7, 11) is 1.47. The lowest BCUT2D eigenvalue weighted by molar-refractivity contribution is 0.0591. The predicted octanol–water partition coefficient (Wildman–Crippen LogP) is 4.51. The molecule has 1 aliphatic rings. The third kappa shape index (κ3) is 2.53. The smallest absolute Gasteiger partial charge is 0.355 e. The number of pyridine rings is 1. The standard InChI is InChI=1S/C19H25NO2/c1-13(2)14-10-11-20-17(12-14)15-8-6-4-5-7-9-16(15)18(20)19(21)22-3/h10-13H,4-9H2,1-3H3. The van der Waals surface area contributed by atoms with Crippen LogP contribution < -0.4 is 0 Å². The van der Waals surface area contributed by atoms with Crippen LogP contribution in [0.15, 0.2) is 18.3 Å². The summed E-state index contributed by atoms with van der Waals surface area (Å²) in [5.74, 6) is 0.278. The molecule has 0 saturated heterocycles. The molecule has 0 aromatic carbocycles. The Morgan fingerprint density at radius 2 is 1.82 bits per heavy atom. The highest BCUT2D eigenvalue weighted by Crippen LogP contribution is 2.31. The minimum absolute atomic E-state index is 0.214. The first-order valence-electron chi connectivity index (χ1n) is 8.37. The van der Waals surface area contributed by atoms with E-state index in [-0.39, 0.29) is 5.97 Å². The van der Waals surface area contributed by atoms with Crippen molar-refractivity contribution in [1.82, 2.24) is 4.40 Å². The van der Waals surface area contributed by atoms with E-state index < -0.39 is 0 Å². The van der Waals surface area contributed by atoms with Crippen molar-refractivity contribution in [2.75, 3.05) is 7.11 Å². The van der Waals surface area contributed by atoms with Gasteiger partial charge in [0.25, 0.3) is 0 Å². The molecule has 2 aromatic heterocycles. The topological polar surface area (TPSA) is 30.7 Å². The van der Waals surface area contributed by atoms with E-state index in [1.165, 1.54) is 48.6 Å². The molecular weight excluding hydrogens is 274 g/mol. The van der Waals surface area contributed by atoms with Crippen molar-refractivity contribution in [3.05, 3.63) is 40.7 Å². The molecule has 0 atom stereocenters. The zero-order valence-corrected chi connectivity index (χ0v) is 13.8. The largest absolute Gasteiger partial charge is 0.464 e. The number of nitrogens with zero attached hydrogens (tertiary/aromatic N) is 1. The molecule has 0 bridgehead atoms. The molecule has 3 heteroatoms. The first-order valence-corrected chi connectivity index (χ1v) is 8.37. The lowest BCUT2D eigenvalue weighted by Gasteiger charge is -2.11. The van der Waals surface area contributed by atoms with Crippen molar-refractivity contribution in [1.29, 1.82) is 0 Å². The third-order valence-corrected chi connectivity index (χ3v) is 4.83. The van der Waals surface area contributed by atoms with Crippen LogP contribution in [0.4, 0.5) is 0 Å². The number of hydrogen-bond donors (Lipinski definition) is 0. The van der Waals surface area contributed by atoms with E-state index in [1.807, 2.05) is 10.6 Å². The minimum Gasteiger partial charge on any atom is -0.464 e. The summed E-state index contributed by atoms with van der Waals surface area (Å²) >= 11 is 0. The van der Waals surface area contributed by atoms with Gasteiger partial charge in [0.05, 0.1) is 7.11 Å². The van der Waals surface area contributed by atoms with Gasteiger partial charge in [-0.15, -0.1) is 0 Å². The number of rotatable bonds is 2. The number of carbonyl (C=O) groups is 1. The Labute approximate surface area is 132 Å². The predicted molar refractivity (Wildman–Crippen MR) is 88.7 cm³/mol. The van der Waals surface area contributed by atoms with Gasteiger partial charge in [0.15, 0.2) is 0 Å². The van der Waals surface area contributed by atoms with Crippen molar-refractivity contribution in [2.45, 2.75) is 58.3 Å². The highest BCUT2D eigenvalue weighted by atomic mass is 16.5. The summed E-state index contributed by atoms with van der Waals surface area (Å²) in [6.45, 7) is 4.42. The Bertz CT molecular complexity index is 697. The van der Waals surface area contributed by atoms with Crippen molar-refractivity contribution in [2.24, 2.45) is 0 Å². The Balaban J connectivity index is 2.27. The summed E-state index contributed by atoms with van der Waals surface area (Å²) in [5, 5.41) is 0. The van der Waals surface area contributed by atoms with Gasteiger partial charge in [-0.05, 0) is 60.4 Å². The van der Waals surface area contributed by atoms with E-state index in [0.29, 0.717) is 5.92 Å². The van der Waals surface area contributed by atoms with Gasteiger partial charge in [0.1, 0.15) is 5.69 Å². The molecule has 0 spiro atoms. The number of hydrogen-bond acceptors (Lipinski definition) is 2. The molecule has 0 N–H and O–H groups in total. The second-order valence-corrected chi connectivity index (χ2v) is 6.58.